The summed E-state index contributed by atoms with van der Waals surface area (Å²) >= 11 is 5.80. The lowest BCUT2D eigenvalue weighted by atomic mass is 9.97. The molecule has 1 aromatic rings. The molecule has 1 fully saturated rings. The van der Waals surface area contributed by atoms with E-state index >= 15 is 0 Å². The second-order valence-electron chi connectivity index (χ2n) is 5.35. The van der Waals surface area contributed by atoms with Crippen LogP contribution >= 0.6 is 11.6 Å². The van der Waals surface area contributed by atoms with Crippen LogP contribution < -0.4 is 10.5 Å². The maximum Gasteiger partial charge on any atom is 0.242 e. The molecule has 0 radical (unpaired) electrons. The maximum absolute atomic E-state index is 12.4. The summed E-state index contributed by atoms with van der Waals surface area (Å²) in [6, 6.07) is 4.48. The van der Waals surface area contributed by atoms with Crippen LogP contribution in [0.5, 0.6) is 0 Å². The third kappa shape index (κ3) is 4.11. The average Bonchev–Trinajstić information content (AvgIpc) is 2.31. The number of benzene rings is 1. The van der Waals surface area contributed by atoms with Crippen molar-refractivity contribution < 1.29 is 8.42 Å². The summed E-state index contributed by atoms with van der Waals surface area (Å²) in [4.78, 5) is 0.115. The third-order valence-corrected chi connectivity index (χ3v) is 5.52. The van der Waals surface area contributed by atoms with Gasteiger partial charge >= 0.3 is 0 Å². The molecule has 0 amide bonds. The lowest BCUT2D eigenvalue weighted by molar-refractivity contribution is 0.426. The third-order valence-electron chi connectivity index (χ3n) is 3.69. The highest BCUT2D eigenvalue weighted by Crippen LogP contribution is 2.24. The molecule has 2 rings (SSSR count). The number of halogens is 1. The summed E-state index contributed by atoms with van der Waals surface area (Å²) in [6.45, 7) is 0. The number of nitrogen functional groups attached to an aromatic ring is 1. The Hall–Kier alpha value is -0.780. The topological polar surface area (TPSA) is 72.2 Å². The van der Waals surface area contributed by atoms with Crippen LogP contribution in [0.15, 0.2) is 23.1 Å². The molecule has 0 spiro atoms. The van der Waals surface area contributed by atoms with Gasteiger partial charge in [-0.1, -0.05) is 43.7 Å². The van der Waals surface area contributed by atoms with Gasteiger partial charge in [-0.2, -0.15) is 0 Å². The SMILES string of the molecule is Nc1cc(Cl)ccc1S(=O)(=O)NC1CCCCCCC1. The number of rotatable bonds is 3. The van der Waals surface area contributed by atoms with Gasteiger partial charge < -0.3 is 5.73 Å². The zero-order valence-corrected chi connectivity index (χ0v) is 13.0. The fourth-order valence-corrected chi connectivity index (χ4v) is 4.22. The van der Waals surface area contributed by atoms with E-state index < -0.39 is 10.0 Å². The van der Waals surface area contributed by atoms with Crippen molar-refractivity contribution >= 4 is 27.3 Å². The predicted octanol–water partition coefficient (Wildman–Crippen LogP) is 3.31. The van der Waals surface area contributed by atoms with E-state index in [1.165, 1.54) is 31.4 Å². The van der Waals surface area contributed by atoms with Crippen LogP contribution in [-0.4, -0.2) is 14.5 Å². The minimum absolute atomic E-state index is 0.00961. The first-order chi connectivity index (χ1) is 9.49. The molecule has 0 aromatic heterocycles. The molecule has 0 saturated heterocycles. The Bertz CT molecular complexity index is 552. The van der Waals surface area contributed by atoms with Crippen LogP contribution in [0.2, 0.25) is 5.02 Å². The van der Waals surface area contributed by atoms with Gasteiger partial charge in [-0.15, -0.1) is 0 Å². The number of anilines is 1. The van der Waals surface area contributed by atoms with E-state index in [1.54, 1.807) is 6.07 Å². The van der Waals surface area contributed by atoms with E-state index in [2.05, 4.69) is 4.72 Å². The second-order valence-corrected chi connectivity index (χ2v) is 7.46. The molecule has 112 valence electrons. The Kier molecular flexibility index (Phi) is 5.29. The molecule has 1 aromatic carbocycles. The van der Waals surface area contributed by atoms with Crippen LogP contribution in [0.3, 0.4) is 0 Å². The minimum atomic E-state index is -3.57. The lowest BCUT2D eigenvalue weighted by Crippen LogP contribution is -2.35. The molecule has 20 heavy (non-hydrogen) atoms. The Morgan fingerprint density at radius 3 is 2.30 bits per heavy atom. The Balaban J connectivity index is 2.13. The van der Waals surface area contributed by atoms with E-state index in [0.717, 1.165) is 25.7 Å². The predicted molar refractivity (Wildman–Crippen MR) is 82.3 cm³/mol. The maximum atomic E-state index is 12.4. The molecule has 0 bridgehead atoms. The molecule has 0 aliphatic heterocycles. The van der Waals surface area contributed by atoms with Crippen LogP contribution in [-0.2, 0) is 10.0 Å². The summed E-state index contributed by atoms with van der Waals surface area (Å²) in [5.41, 5.74) is 5.96. The first-order valence-corrected chi connectivity index (χ1v) is 8.92. The largest absolute Gasteiger partial charge is 0.398 e. The fraction of sp³-hybridized carbons (Fsp3) is 0.571. The van der Waals surface area contributed by atoms with Gasteiger partial charge in [0.1, 0.15) is 4.90 Å². The first kappa shape index (κ1) is 15.6. The summed E-state index contributed by atoms with van der Waals surface area (Å²) in [7, 11) is -3.57. The molecule has 1 aliphatic rings. The van der Waals surface area contributed by atoms with Gasteiger partial charge in [0.05, 0.1) is 5.69 Å². The van der Waals surface area contributed by atoms with Crippen molar-refractivity contribution in [3.8, 4) is 0 Å². The number of hydrogen-bond donors (Lipinski definition) is 2. The van der Waals surface area contributed by atoms with Gasteiger partial charge in [-0.05, 0) is 31.0 Å². The molecule has 0 heterocycles. The van der Waals surface area contributed by atoms with E-state index in [-0.39, 0.29) is 16.6 Å². The van der Waals surface area contributed by atoms with Gasteiger partial charge in [0.15, 0.2) is 0 Å². The van der Waals surface area contributed by atoms with Crippen molar-refractivity contribution in [1.29, 1.82) is 0 Å². The molecule has 3 N–H and O–H groups in total. The summed E-state index contributed by atoms with van der Waals surface area (Å²) < 4.78 is 27.6. The van der Waals surface area contributed by atoms with Crippen molar-refractivity contribution in [2.45, 2.75) is 55.9 Å². The molecule has 0 unspecified atom stereocenters. The second kappa shape index (κ2) is 6.78. The number of nitrogens with one attached hydrogen (secondary N) is 1. The molecule has 4 nitrogen and oxygen atoms in total. The van der Waals surface area contributed by atoms with Crippen molar-refractivity contribution in [3.63, 3.8) is 0 Å². The smallest absolute Gasteiger partial charge is 0.242 e. The Labute approximate surface area is 125 Å². The van der Waals surface area contributed by atoms with Gasteiger partial charge in [-0.3, -0.25) is 0 Å². The lowest BCUT2D eigenvalue weighted by Gasteiger charge is -2.21. The first-order valence-electron chi connectivity index (χ1n) is 7.06. The van der Waals surface area contributed by atoms with Gasteiger partial charge in [0.2, 0.25) is 10.0 Å². The van der Waals surface area contributed by atoms with Crippen molar-refractivity contribution in [2.75, 3.05) is 5.73 Å². The quantitative estimate of drug-likeness (QED) is 0.840. The molecule has 0 atom stereocenters. The summed E-state index contributed by atoms with van der Waals surface area (Å²) in [5, 5.41) is 0.437. The Morgan fingerprint density at radius 2 is 1.70 bits per heavy atom. The van der Waals surface area contributed by atoms with E-state index in [1.807, 2.05) is 0 Å². The fourth-order valence-electron chi connectivity index (χ4n) is 2.62. The average molecular weight is 317 g/mol. The zero-order valence-electron chi connectivity index (χ0n) is 11.4. The highest BCUT2D eigenvalue weighted by Gasteiger charge is 2.22. The van der Waals surface area contributed by atoms with Gasteiger partial charge in [-0.25, -0.2) is 13.1 Å². The normalized spacial score (nSPS) is 18.4. The van der Waals surface area contributed by atoms with E-state index in [0.29, 0.717) is 5.02 Å². The number of nitrogens with two attached hydrogens (primary N) is 1. The zero-order chi connectivity index (χ0) is 14.6. The molecular formula is C14H21ClN2O2S. The summed E-state index contributed by atoms with van der Waals surface area (Å²) in [5.74, 6) is 0. The number of hydrogen-bond acceptors (Lipinski definition) is 3. The van der Waals surface area contributed by atoms with Crippen LogP contribution in [0.25, 0.3) is 0 Å². The molecule has 1 saturated carbocycles. The summed E-state index contributed by atoms with van der Waals surface area (Å²) in [6.07, 6.45) is 7.55. The van der Waals surface area contributed by atoms with Gasteiger partial charge in [0, 0.05) is 11.1 Å². The Morgan fingerprint density at radius 1 is 1.10 bits per heavy atom. The molecular weight excluding hydrogens is 296 g/mol. The molecule has 6 heteroatoms. The van der Waals surface area contributed by atoms with Crippen LogP contribution in [0.1, 0.15) is 44.9 Å². The van der Waals surface area contributed by atoms with Crippen molar-refractivity contribution in [3.05, 3.63) is 23.2 Å². The van der Waals surface area contributed by atoms with Crippen LogP contribution in [0, 0.1) is 0 Å². The van der Waals surface area contributed by atoms with Crippen molar-refractivity contribution in [1.82, 2.24) is 4.72 Å². The highest BCUT2D eigenvalue weighted by atomic mass is 35.5. The number of sulfonamides is 1. The standard InChI is InChI=1S/C14H21ClN2O2S/c15-11-8-9-14(13(16)10-11)20(18,19)17-12-6-4-2-1-3-5-7-12/h8-10,12,17H,1-7,16H2. The van der Waals surface area contributed by atoms with E-state index in [9.17, 15) is 8.42 Å². The van der Waals surface area contributed by atoms with Gasteiger partial charge in [0.25, 0.3) is 0 Å². The monoisotopic (exact) mass is 316 g/mol. The minimum Gasteiger partial charge on any atom is -0.398 e. The highest BCUT2D eigenvalue weighted by molar-refractivity contribution is 7.89. The molecule has 1 aliphatic carbocycles. The van der Waals surface area contributed by atoms with Crippen LogP contribution in [0.4, 0.5) is 5.69 Å². The van der Waals surface area contributed by atoms with E-state index in [4.69, 9.17) is 17.3 Å². The van der Waals surface area contributed by atoms with Crippen molar-refractivity contribution in [2.24, 2.45) is 0 Å².